The maximum absolute atomic E-state index is 12.6. The van der Waals surface area contributed by atoms with E-state index in [4.69, 9.17) is 18.9 Å². The fourth-order valence-corrected chi connectivity index (χ4v) is 2.33. The number of ether oxygens (including phenoxy) is 4. The number of carbonyl (C=O) groups excluding carboxylic acids is 4. The summed E-state index contributed by atoms with van der Waals surface area (Å²) >= 11 is 0. The van der Waals surface area contributed by atoms with E-state index in [1.165, 1.54) is 12.1 Å². The molecule has 0 heterocycles. The average molecular weight is 428 g/mol. The number of esters is 4. The van der Waals surface area contributed by atoms with Crippen molar-refractivity contribution < 1.29 is 38.1 Å². The second-order valence-electron chi connectivity index (χ2n) is 6.35. The van der Waals surface area contributed by atoms with Crippen LogP contribution in [0, 0.1) is 0 Å². The van der Waals surface area contributed by atoms with Crippen LogP contribution in [0.25, 0.3) is 0 Å². The van der Waals surface area contributed by atoms with E-state index in [0.29, 0.717) is 0 Å². The summed E-state index contributed by atoms with van der Waals surface area (Å²) < 4.78 is 21.0. The third-order valence-electron chi connectivity index (χ3n) is 4.00. The maximum atomic E-state index is 12.6. The first-order valence-corrected chi connectivity index (χ1v) is 9.88. The van der Waals surface area contributed by atoms with E-state index in [0.717, 1.165) is 5.56 Å². The predicted molar refractivity (Wildman–Crippen MR) is 110 cm³/mol. The lowest BCUT2D eigenvalue weighted by Crippen LogP contribution is -2.15. The van der Waals surface area contributed by atoms with Crippen LogP contribution in [-0.2, 0) is 25.7 Å². The van der Waals surface area contributed by atoms with Gasteiger partial charge in [0.1, 0.15) is 6.61 Å². The SMILES string of the molecule is CCC(=O)Oc1cc(C(=O)OCc2ccccc2)cc(OC(=O)CC)c1OC(=O)CC. The van der Waals surface area contributed by atoms with Gasteiger partial charge in [0.2, 0.25) is 5.75 Å². The van der Waals surface area contributed by atoms with Crippen molar-refractivity contribution in [1.82, 2.24) is 0 Å². The van der Waals surface area contributed by atoms with Crippen LogP contribution in [0.4, 0.5) is 0 Å². The second kappa shape index (κ2) is 11.5. The molecule has 0 bridgehead atoms. The Kier molecular flexibility index (Phi) is 8.75. The van der Waals surface area contributed by atoms with E-state index in [1.807, 2.05) is 18.2 Å². The molecule has 2 aromatic rings. The Morgan fingerprint density at radius 2 is 1.19 bits per heavy atom. The molecule has 0 aromatic heterocycles. The number of carbonyl (C=O) groups is 4. The molecule has 8 heteroatoms. The van der Waals surface area contributed by atoms with Gasteiger partial charge in [0, 0.05) is 19.3 Å². The molecule has 0 N–H and O–H groups in total. The highest BCUT2D eigenvalue weighted by Gasteiger charge is 2.24. The van der Waals surface area contributed by atoms with Gasteiger partial charge in [0.15, 0.2) is 11.5 Å². The molecule has 0 aliphatic heterocycles. The molecule has 164 valence electrons. The molecule has 0 spiro atoms. The highest BCUT2D eigenvalue weighted by molar-refractivity contribution is 5.92. The summed E-state index contributed by atoms with van der Waals surface area (Å²) in [5.74, 6) is -3.33. The van der Waals surface area contributed by atoms with E-state index < -0.39 is 23.9 Å². The van der Waals surface area contributed by atoms with Crippen molar-refractivity contribution in [2.45, 2.75) is 46.6 Å². The average Bonchev–Trinajstić information content (AvgIpc) is 2.79. The van der Waals surface area contributed by atoms with E-state index in [-0.39, 0.29) is 48.7 Å². The summed E-state index contributed by atoms with van der Waals surface area (Å²) in [7, 11) is 0. The van der Waals surface area contributed by atoms with Crippen LogP contribution in [0.5, 0.6) is 17.2 Å². The van der Waals surface area contributed by atoms with Crippen LogP contribution in [0.1, 0.15) is 56.0 Å². The van der Waals surface area contributed by atoms with Crippen LogP contribution in [0.3, 0.4) is 0 Å². The van der Waals surface area contributed by atoms with Crippen molar-refractivity contribution in [1.29, 1.82) is 0 Å². The van der Waals surface area contributed by atoms with E-state index in [9.17, 15) is 19.2 Å². The molecular formula is C23H24O8. The van der Waals surface area contributed by atoms with Crippen LogP contribution < -0.4 is 14.2 Å². The van der Waals surface area contributed by atoms with Crippen LogP contribution in [-0.4, -0.2) is 23.9 Å². The maximum Gasteiger partial charge on any atom is 0.338 e. The van der Waals surface area contributed by atoms with Gasteiger partial charge in [0.25, 0.3) is 0 Å². The van der Waals surface area contributed by atoms with Crippen molar-refractivity contribution in [2.24, 2.45) is 0 Å². The molecule has 0 aliphatic rings. The summed E-state index contributed by atoms with van der Waals surface area (Å²) in [5.41, 5.74) is 0.740. The van der Waals surface area contributed by atoms with Gasteiger partial charge in [-0.15, -0.1) is 0 Å². The monoisotopic (exact) mass is 428 g/mol. The van der Waals surface area contributed by atoms with Gasteiger partial charge in [0.05, 0.1) is 5.56 Å². The molecule has 0 fully saturated rings. The zero-order valence-corrected chi connectivity index (χ0v) is 17.6. The van der Waals surface area contributed by atoms with Crippen molar-refractivity contribution in [2.75, 3.05) is 0 Å². The van der Waals surface area contributed by atoms with Crippen LogP contribution in [0.15, 0.2) is 42.5 Å². The van der Waals surface area contributed by atoms with Gasteiger partial charge >= 0.3 is 23.9 Å². The summed E-state index contributed by atoms with van der Waals surface area (Å²) in [5, 5.41) is 0. The number of hydrogen-bond donors (Lipinski definition) is 0. The van der Waals surface area contributed by atoms with Crippen LogP contribution >= 0.6 is 0 Å². The summed E-state index contributed by atoms with van der Waals surface area (Å²) in [6.07, 6.45) is 0.102. The molecule has 0 saturated heterocycles. The van der Waals surface area contributed by atoms with Crippen molar-refractivity contribution in [3.05, 3.63) is 53.6 Å². The Morgan fingerprint density at radius 3 is 1.68 bits per heavy atom. The first-order valence-electron chi connectivity index (χ1n) is 9.88. The number of hydrogen-bond acceptors (Lipinski definition) is 8. The zero-order valence-electron chi connectivity index (χ0n) is 17.6. The molecule has 0 saturated carbocycles. The summed E-state index contributed by atoms with van der Waals surface area (Å²) in [4.78, 5) is 48.3. The topological polar surface area (TPSA) is 105 Å². The molecule has 0 amide bonds. The lowest BCUT2D eigenvalue weighted by molar-refractivity contribution is -0.137. The highest BCUT2D eigenvalue weighted by Crippen LogP contribution is 2.40. The summed E-state index contributed by atoms with van der Waals surface area (Å²) in [6.45, 7) is 4.75. The number of benzene rings is 2. The Balaban J connectivity index is 2.44. The molecular weight excluding hydrogens is 404 g/mol. The van der Waals surface area contributed by atoms with Crippen molar-refractivity contribution >= 4 is 23.9 Å². The normalized spacial score (nSPS) is 10.2. The largest absolute Gasteiger partial charge is 0.457 e. The van der Waals surface area contributed by atoms with Gasteiger partial charge in [-0.25, -0.2) is 4.79 Å². The molecule has 2 rings (SSSR count). The smallest absolute Gasteiger partial charge is 0.338 e. The number of rotatable bonds is 9. The standard InChI is InChI=1S/C23H24O8/c1-4-19(24)29-17-12-16(23(27)28-14-15-10-8-7-9-11-15)13-18(30-20(25)5-2)22(17)31-21(26)6-3/h7-13H,4-6,14H2,1-3H3. The minimum Gasteiger partial charge on any atom is -0.457 e. The van der Waals surface area contributed by atoms with Gasteiger partial charge in [-0.1, -0.05) is 51.1 Å². The Bertz CT molecular complexity index is 910. The second-order valence-corrected chi connectivity index (χ2v) is 6.35. The van der Waals surface area contributed by atoms with Crippen molar-refractivity contribution in [3.8, 4) is 17.2 Å². The molecule has 8 nitrogen and oxygen atoms in total. The summed E-state index contributed by atoms with van der Waals surface area (Å²) in [6, 6.07) is 11.5. The zero-order chi connectivity index (χ0) is 22.8. The molecule has 0 atom stereocenters. The molecule has 31 heavy (non-hydrogen) atoms. The highest BCUT2D eigenvalue weighted by atomic mass is 16.6. The minimum absolute atomic E-state index is 0.0143. The Hall–Kier alpha value is -3.68. The third-order valence-corrected chi connectivity index (χ3v) is 4.00. The Labute approximate surface area is 180 Å². The molecule has 0 radical (unpaired) electrons. The van der Waals surface area contributed by atoms with Crippen LogP contribution in [0.2, 0.25) is 0 Å². The lowest BCUT2D eigenvalue weighted by atomic mass is 10.1. The van der Waals surface area contributed by atoms with E-state index >= 15 is 0 Å². The molecule has 0 aliphatic carbocycles. The lowest BCUT2D eigenvalue weighted by Gasteiger charge is -2.16. The quantitative estimate of drug-likeness (QED) is 0.436. The fourth-order valence-electron chi connectivity index (χ4n) is 2.33. The van der Waals surface area contributed by atoms with Gasteiger partial charge in [-0.3, -0.25) is 14.4 Å². The van der Waals surface area contributed by atoms with Gasteiger partial charge in [-0.2, -0.15) is 0 Å². The van der Waals surface area contributed by atoms with E-state index in [1.54, 1.807) is 32.9 Å². The van der Waals surface area contributed by atoms with Gasteiger partial charge < -0.3 is 18.9 Å². The molecule has 2 aromatic carbocycles. The first-order chi connectivity index (χ1) is 14.9. The predicted octanol–water partition coefficient (Wildman–Crippen LogP) is 3.99. The molecule has 0 unspecified atom stereocenters. The van der Waals surface area contributed by atoms with Crippen molar-refractivity contribution in [3.63, 3.8) is 0 Å². The first kappa shape index (κ1) is 23.6. The Morgan fingerprint density at radius 1 is 0.710 bits per heavy atom. The fraction of sp³-hybridized carbons (Fsp3) is 0.304. The van der Waals surface area contributed by atoms with Gasteiger partial charge in [-0.05, 0) is 17.7 Å². The third kappa shape index (κ3) is 6.95. The van der Waals surface area contributed by atoms with E-state index in [2.05, 4.69) is 0 Å². The minimum atomic E-state index is -0.736.